The van der Waals surface area contributed by atoms with Crippen molar-refractivity contribution in [2.75, 3.05) is 70.0 Å². The number of carbonyl (C=O) groups is 1. The van der Waals surface area contributed by atoms with Crippen LogP contribution in [0.25, 0.3) is 0 Å². The summed E-state index contributed by atoms with van der Waals surface area (Å²) < 4.78 is 62.4. The van der Waals surface area contributed by atoms with E-state index in [0.29, 0.717) is 55.9 Å². The molecule has 3 aromatic rings. The van der Waals surface area contributed by atoms with E-state index in [0.717, 1.165) is 56.7 Å². The predicted molar refractivity (Wildman–Crippen MR) is 178 cm³/mol. The van der Waals surface area contributed by atoms with Crippen LogP contribution < -0.4 is 9.80 Å². The van der Waals surface area contributed by atoms with Gasteiger partial charge in [-0.3, -0.25) is 4.79 Å². The van der Waals surface area contributed by atoms with Crippen molar-refractivity contribution in [3.8, 4) is 0 Å². The Balaban J connectivity index is 1.09. The Morgan fingerprint density at radius 2 is 1.82 bits per heavy atom. The molecule has 0 aliphatic carbocycles. The summed E-state index contributed by atoms with van der Waals surface area (Å²) in [4.78, 5) is 20.0. The normalized spacial score (nSPS) is 21.8. The first-order valence-electron chi connectivity index (χ1n) is 17.2. The lowest BCUT2D eigenvalue weighted by atomic mass is 9.75. The number of rotatable bonds is 10. The number of hydrogen-bond acceptors (Lipinski definition) is 8. The number of benzene rings is 2. The lowest BCUT2D eigenvalue weighted by Gasteiger charge is -2.42. The third-order valence-electron chi connectivity index (χ3n) is 11.0. The molecule has 13 heteroatoms. The summed E-state index contributed by atoms with van der Waals surface area (Å²) in [5.41, 5.74) is 1.08. The molecule has 10 nitrogen and oxygen atoms in total. The molecule has 0 spiro atoms. The number of alkyl halides is 3. The minimum atomic E-state index is -4.59. The number of nitrogens with zero attached hydrogens (tertiary/aromatic N) is 6. The predicted octanol–water partition coefficient (Wildman–Crippen LogP) is 5.05. The number of methoxy groups -OCH3 is 2. The van der Waals surface area contributed by atoms with Gasteiger partial charge in [-0.15, -0.1) is 10.2 Å². The van der Waals surface area contributed by atoms with Gasteiger partial charge in [-0.1, -0.05) is 12.1 Å². The molecule has 1 aromatic heterocycles. The third-order valence-corrected chi connectivity index (χ3v) is 11.0. The molecule has 264 valence electrons. The number of ether oxygens (including phenoxy) is 3. The van der Waals surface area contributed by atoms with Gasteiger partial charge in [0.15, 0.2) is 6.29 Å². The number of halogens is 3. The van der Waals surface area contributed by atoms with E-state index in [9.17, 15) is 18.0 Å². The van der Waals surface area contributed by atoms with E-state index in [1.807, 2.05) is 34.7 Å². The quantitative estimate of drug-likeness (QED) is 0.275. The van der Waals surface area contributed by atoms with Gasteiger partial charge in [-0.2, -0.15) is 13.2 Å². The number of aryl methyl sites for hydroxylation is 1. The van der Waals surface area contributed by atoms with E-state index >= 15 is 0 Å². The van der Waals surface area contributed by atoms with E-state index in [1.54, 1.807) is 32.7 Å². The molecule has 3 fully saturated rings. The van der Waals surface area contributed by atoms with Crippen LogP contribution in [0.3, 0.4) is 0 Å². The number of aromatic nitrogens is 3. The second-order valence-electron chi connectivity index (χ2n) is 14.2. The van der Waals surface area contributed by atoms with Gasteiger partial charge in [-0.25, -0.2) is 0 Å². The van der Waals surface area contributed by atoms with Gasteiger partial charge in [0, 0.05) is 75.6 Å². The number of anilines is 2. The van der Waals surface area contributed by atoms with Crippen LogP contribution in [0.5, 0.6) is 0 Å². The van der Waals surface area contributed by atoms with Crippen molar-refractivity contribution in [1.82, 2.24) is 19.7 Å². The fourth-order valence-electron chi connectivity index (χ4n) is 8.23. The van der Waals surface area contributed by atoms with Crippen molar-refractivity contribution in [3.05, 3.63) is 70.8 Å². The Bertz CT molecular complexity index is 1650. The van der Waals surface area contributed by atoms with Gasteiger partial charge in [-0.05, 0) is 80.1 Å². The molecule has 1 unspecified atom stereocenters. The number of likely N-dealkylation sites (tertiary alicyclic amines) is 1. The number of carbonyl (C=O) groups excluding carboxylic acids is 1. The van der Waals surface area contributed by atoms with Crippen LogP contribution in [0.15, 0.2) is 42.7 Å². The molecular weight excluding hydrogens is 637 g/mol. The van der Waals surface area contributed by atoms with E-state index < -0.39 is 17.6 Å². The largest absolute Gasteiger partial charge is 0.416 e. The first-order chi connectivity index (χ1) is 23.6. The molecule has 5 heterocycles. The number of piperidine rings is 2. The maximum atomic E-state index is 14.7. The van der Waals surface area contributed by atoms with Crippen LogP contribution in [0.1, 0.15) is 58.6 Å². The summed E-state index contributed by atoms with van der Waals surface area (Å²) in [5, 5.41) is 8.24. The van der Waals surface area contributed by atoms with Gasteiger partial charge in [0.1, 0.15) is 12.2 Å². The Morgan fingerprint density at radius 3 is 2.47 bits per heavy atom. The monoisotopic (exact) mass is 682 g/mol. The van der Waals surface area contributed by atoms with Crippen molar-refractivity contribution >= 4 is 17.3 Å². The van der Waals surface area contributed by atoms with E-state index in [-0.39, 0.29) is 29.4 Å². The smallest absolute Gasteiger partial charge is 0.379 e. The number of hydrogen-bond donors (Lipinski definition) is 0. The van der Waals surface area contributed by atoms with E-state index in [2.05, 4.69) is 15.1 Å². The summed E-state index contributed by atoms with van der Waals surface area (Å²) >= 11 is 0. The topological polar surface area (TPSA) is 85.2 Å². The lowest BCUT2D eigenvalue weighted by molar-refractivity contribution is -0.147. The first-order valence-corrected chi connectivity index (χ1v) is 17.2. The summed E-state index contributed by atoms with van der Waals surface area (Å²) in [6.07, 6.45) is 1.35. The molecule has 1 atom stereocenters. The average Bonchev–Trinajstić information content (AvgIpc) is 3.64. The second kappa shape index (κ2) is 13.7. The Morgan fingerprint density at radius 1 is 1.04 bits per heavy atom. The van der Waals surface area contributed by atoms with E-state index in [4.69, 9.17) is 14.2 Å². The zero-order chi connectivity index (χ0) is 34.3. The molecule has 0 bridgehead atoms. The van der Waals surface area contributed by atoms with Crippen molar-refractivity contribution in [2.45, 2.75) is 56.5 Å². The fraction of sp³-hybridized carbons (Fsp3) is 0.583. The maximum Gasteiger partial charge on any atom is 0.416 e. The Hall–Kier alpha value is -3.52. The number of amides is 1. The van der Waals surface area contributed by atoms with Gasteiger partial charge in [0.2, 0.25) is 0 Å². The van der Waals surface area contributed by atoms with Gasteiger partial charge in [0.05, 0.1) is 25.3 Å². The van der Waals surface area contributed by atoms with Crippen LogP contribution in [0.2, 0.25) is 0 Å². The molecule has 1 amide bonds. The highest BCUT2D eigenvalue weighted by Crippen LogP contribution is 2.43. The zero-order valence-electron chi connectivity index (χ0n) is 28.4. The fourth-order valence-corrected chi connectivity index (χ4v) is 8.23. The molecule has 2 aromatic carbocycles. The van der Waals surface area contributed by atoms with Crippen molar-refractivity contribution < 1.29 is 32.2 Å². The molecule has 4 aliphatic rings. The molecule has 7 rings (SSSR count). The summed E-state index contributed by atoms with van der Waals surface area (Å²) in [6.45, 7) is 4.94. The standard InChI is InChI=1S/C36H45F3N6O4/c1-42-23-40-41-32(42)17-35(21-49-22-35)26-7-4-8-27(14-26)45-20-30-29(33(45)46)15-28(16-31(30)36(37,38)39)44-11-5-6-24(19-44)18-43-12-9-25(10-13-43)34(47-2)48-3/h4,7-8,14-16,23-25,34H,5-6,9-13,17-22H2,1-3H3. The van der Waals surface area contributed by atoms with Crippen molar-refractivity contribution in [1.29, 1.82) is 0 Å². The summed E-state index contributed by atoms with van der Waals surface area (Å²) in [6, 6.07) is 10.5. The SMILES string of the molecule is COC(OC)C1CCN(CC2CCCN(c3cc4c(c(C(F)(F)F)c3)CN(c3cccc(C5(Cc6nncn6C)COC5)c3)C4=O)C2)CC1. The minimum absolute atomic E-state index is 0.0364. The van der Waals surface area contributed by atoms with Crippen LogP contribution in [0.4, 0.5) is 24.5 Å². The van der Waals surface area contributed by atoms with Crippen LogP contribution in [0, 0.1) is 11.8 Å². The molecule has 4 aliphatic heterocycles. The molecular formula is C36H45F3N6O4. The van der Waals surface area contributed by atoms with Crippen LogP contribution in [-0.4, -0.2) is 92.0 Å². The summed E-state index contributed by atoms with van der Waals surface area (Å²) in [7, 11) is 5.24. The molecule has 0 saturated carbocycles. The highest BCUT2D eigenvalue weighted by Gasteiger charge is 2.44. The van der Waals surface area contributed by atoms with Crippen LogP contribution >= 0.6 is 0 Å². The third kappa shape index (κ3) is 6.70. The first kappa shape index (κ1) is 34.0. The summed E-state index contributed by atoms with van der Waals surface area (Å²) in [5.74, 6) is 1.09. The average molecular weight is 683 g/mol. The van der Waals surface area contributed by atoms with Gasteiger partial charge in [0.25, 0.3) is 5.91 Å². The maximum absolute atomic E-state index is 14.7. The van der Waals surface area contributed by atoms with Gasteiger partial charge < -0.3 is 33.5 Å². The molecule has 0 N–H and O–H groups in total. The van der Waals surface area contributed by atoms with Gasteiger partial charge >= 0.3 is 6.18 Å². The van der Waals surface area contributed by atoms with Crippen LogP contribution in [-0.2, 0) is 45.8 Å². The molecule has 49 heavy (non-hydrogen) atoms. The highest BCUT2D eigenvalue weighted by atomic mass is 19.4. The lowest BCUT2D eigenvalue weighted by Crippen LogP contribution is -2.49. The number of fused-ring (bicyclic) bond motifs is 1. The zero-order valence-corrected chi connectivity index (χ0v) is 28.4. The van der Waals surface area contributed by atoms with E-state index in [1.165, 1.54) is 11.0 Å². The highest BCUT2D eigenvalue weighted by molar-refractivity contribution is 6.11. The van der Waals surface area contributed by atoms with Crippen molar-refractivity contribution in [2.24, 2.45) is 18.9 Å². The Labute approximate surface area is 285 Å². The van der Waals surface area contributed by atoms with Crippen molar-refractivity contribution in [3.63, 3.8) is 0 Å². The second-order valence-corrected chi connectivity index (χ2v) is 14.2. The molecule has 0 radical (unpaired) electrons. The Kier molecular flexibility index (Phi) is 9.46. The molecule has 3 saturated heterocycles. The minimum Gasteiger partial charge on any atom is -0.379 e.